The van der Waals surface area contributed by atoms with E-state index < -0.39 is 0 Å². The van der Waals surface area contributed by atoms with E-state index in [9.17, 15) is 4.79 Å². The van der Waals surface area contributed by atoms with Crippen molar-refractivity contribution in [3.05, 3.63) is 23.8 Å². The van der Waals surface area contributed by atoms with E-state index in [1.165, 1.54) is 0 Å². The van der Waals surface area contributed by atoms with E-state index in [0.717, 1.165) is 17.1 Å². The molecule has 0 aliphatic carbocycles. The molecule has 0 radical (unpaired) electrons. The van der Waals surface area contributed by atoms with Crippen LogP contribution in [0, 0.1) is 0 Å². The number of nitrogens with one attached hydrogen (secondary N) is 1. The summed E-state index contributed by atoms with van der Waals surface area (Å²) in [5, 5.41) is 2.81. The SMILES string of the molecule is COc1ccc(CCNC(=O)CCN)c(OC)c1. The highest BCUT2D eigenvalue weighted by molar-refractivity contribution is 5.76. The van der Waals surface area contributed by atoms with E-state index in [-0.39, 0.29) is 5.91 Å². The maximum Gasteiger partial charge on any atom is 0.221 e. The highest BCUT2D eigenvalue weighted by Crippen LogP contribution is 2.24. The first-order valence-corrected chi connectivity index (χ1v) is 5.89. The number of amides is 1. The van der Waals surface area contributed by atoms with Crippen LogP contribution in [0.4, 0.5) is 0 Å². The Morgan fingerprint density at radius 3 is 2.72 bits per heavy atom. The molecule has 1 amide bonds. The molecule has 0 atom stereocenters. The van der Waals surface area contributed by atoms with Crippen LogP contribution in [0.5, 0.6) is 11.5 Å². The number of carbonyl (C=O) groups excluding carboxylic acids is 1. The largest absolute Gasteiger partial charge is 0.497 e. The van der Waals surface area contributed by atoms with E-state index in [1.807, 2.05) is 18.2 Å². The lowest BCUT2D eigenvalue weighted by Crippen LogP contribution is -2.27. The molecule has 0 aliphatic rings. The normalized spacial score (nSPS) is 9.94. The van der Waals surface area contributed by atoms with Gasteiger partial charge in [0, 0.05) is 25.6 Å². The van der Waals surface area contributed by atoms with Gasteiger partial charge in [-0.1, -0.05) is 6.07 Å². The number of hydrogen-bond acceptors (Lipinski definition) is 4. The van der Waals surface area contributed by atoms with E-state index in [0.29, 0.717) is 25.9 Å². The molecular weight excluding hydrogens is 232 g/mol. The second-order valence-electron chi connectivity index (χ2n) is 3.82. The zero-order valence-corrected chi connectivity index (χ0v) is 10.9. The molecule has 0 saturated carbocycles. The highest BCUT2D eigenvalue weighted by Gasteiger charge is 2.05. The molecule has 1 aromatic rings. The van der Waals surface area contributed by atoms with Gasteiger partial charge in [-0.05, 0) is 18.1 Å². The molecule has 0 aromatic heterocycles. The van der Waals surface area contributed by atoms with E-state index in [1.54, 1.807) is 14.2 Å². The average molecular weight is 252 g/mol. The lowest BCUT2D eigenvalue weighted by Gasteiger charge is -2.10. The molecule has 0 unspecified atom stereocenters. The number of nitrogens with two attached hydrogens (primary N) is 1. The minimum atomic E-state index is -0.0232. The lowest BCUT2D eigenvalue weighted by molar-refractivity contribution is -0.120. The van der Waals surface area contributed by atoms with Crippen molar-refractivity contribution in [1.29, 1.82) is 0 Å². The Hall–Kier alpha value is -1.75. The minimum Gasteiger partial charge on any atom is -0.497 e. The topological polar surface area (TPSA) is 73.6 Å². The summed E-state index contributed by atoms with van der Waals surface area (Å²) in [6, 6.07) is 5.64. The second-order valence-corrected chi connectivity index (χ2v) is 3.82. The van der Waals surface area contributed by atoms with Gasteiger partial charge in [-0.15, -0.1) is 0 Å². The molecule has 0 saturated heterocycles. The Bertz CT molecular complexity index is 394. The third-order valence-corrected chi connectivity index (χ3v) is 2.58. The summed E-state index contributed by atoms with van der Waals surface area (Å²) < 4.78 is 10.4. The first kappa shape index (κ1) is 14.3. The van der Waals surface area contributed by atoms with Gasteiger partial charge in [0.2, 0.25) is 5.91 Å². The van der Waals surface area contributed by atoms with Crippen molar-refractivity contribution in [2.24, 2.45) is 5.73 Å². The van der Waals surface area contributed by atoms with Gasteiger partial charge in [0.1, 0.15) is 11.5 Å². The van der Waals surface area contributed by atoms with Gasteiger partial charge in [-0.3, -0.25) is 4.79 Å². The molecule has 1 rings (SSSR count). The molecule has 0 aliphatic heterocycles. The molecule has 0 bridgehead atoms. The molecule has 100 valence electrons. The Balaban J connectivity index is 2.53. The smallest absolute Gasteiger partial charge is 0.221 e. The standard InChI is InChI=1S/C13H20N2O3/c1-17-11-4-3-10(12(9-11)18-2)6-8-15-13(16)5-7-14/h3-4,9H,5-8,14H2,1-2H3,(H,15,16). The molecule has 1 aromatic carbocycles. The van der Waals surface area contributed by atoms with Gasteiger partial charge >= 0.3 is 0 Å². The number of carbonyl (C=O) groups is 1. The Labute approximate surface area is 107 Å². The van der Waals surface area contributed by atoms with Crippen LogP contribution < -0.4 is 20.5 Å². The van der Waals surface area contributed by atoms with Crippen LogP contribution >= 0.6 is 0 Å². The molecule has 0 spiro atoms. The van der Waals surface area contributed by atoms with Crippen LogP contribution in [-0.2, 0) is 11.2 Å². The van der Waals surface area contributed by atoms with Crippen LogP contribution in [-0.4, -0.2) is 33.2 Å². The van der Waals surface area contributed by atoms with Crippen LogP contribution in [0.2, 0.25) is 0 Å². The van der Waals surface area contributed by atoms with Crippen LogP contribution in [0.25, 0.3) is 0 Å². The Morgan fingerprint density at radius 1 is 1.33 bits per heavy atom. The summed E-state index contributed by atoms with van der Waals surface area (Å²) in [6.07, 6.45) is 1.07. The fraction of sp³-hybridized carbons (Fsp3) is 0.462. The maximum atomic E-state index is 11.2. The van der Waals surface area contributed by atoms with Crippen molar-refractivity contribution in [3.8, 4) is 11.5 Å². The van der Waals surface area contributed by atoms with Crippen molar-refractivity contribution in [2.45, 2.75) is 12.8 Å². The fourth-order valence-corrected chi connectivity index (χ4v) is 1.61. The molecule has 18 heavy (non-hydrogen) atoms. The zero-order valence-electron chi connectivity index (χ0n) is 10.9. The summed E-state index contributed by atoms with van der Waals surface area (Å²) in [6.45, 7) is 0.944. The second kappa shape index (κ2) is 7.55. The molecule has 0 heterocycles. The maximum absolute atomic E-state index is 11.2. The third-order valence-electron chi connectivity index (χ3n) is 2.58. The quantitative estimate of drug-likeness (QED) is 0.749. The summed E-state index contributed by atoms with van der Waals surface area (Å²) in [5.74, 6) is 1.50. The first-order valence-electron chi connectivity index (χ1n) is 5.89. The number of benzene rings is 1. The van der Waals surface area contributed by atoms with Crippen molar-refractivity contribution in [3.63, 3.8) is 0 Å². The van der Waals surface area contributed by atoms with Crippen molar-refractivity contribution in [1.82, 2.24) is 5.32 Å². The van der Waals surface area contributed by atoms with Crippen LogP contribution in [0.3, 0.4) is 0 Å². The highest BCUT2D eigenvalue weighted by atomic mass is 16.5. The molecule has 3 N–H and O–H groups in total. The number of ether oxygens (including phenoxy) is 2. The van der Waals surface area contributed by atoms with Gasteiger partial charge in [0.15, 0.2) is 0 Å². The minimum absolute atomic E-state index is 0.0232. The van der Waals surface area contributed by atoms with E-state index in [2.05, 4.69) is 5.32 Å². The van der Waals surface area contributed by atoms with Gasteiger partial charge in [0.05, 0.1) is 14.2 Å². The molecule has 5 nitrogen and oxygen atoms in total. The summed E-state index contributed by atoms with van der Waals surface area (Å²) >= 11 is 0. The zero-order chi connectivity index (χ0) is 13.4. The van der Waals surface area contributed by atoms with Crippen LogP contribution in [0.15, 0.2) is 18.2 Å². The predicted molar refractivity (Wildman–Crippen MR) is 69.9 cm³/mol. The third kappa shape index (κ3) is 4.25. The van der Waals surface area contributed by atoms with Crippen molar-refractivity contribution >= 4 is 5.91 Å². The van der Waals surface area contributed by atoms with E-state index >= 15 is 0 Å². The average Bonchev–Trinajstić information content (AvgIpc) is 2.39. The Kier molecular flexibility index (Phi) is 6.00. The predicted octanol–water partition coefficient (Wildman–Crippen LogP) is 0.711. The van der Waals surface area contributed by atoms with Crippen LogP contribution in [0.1, 0.15) is 12.0 Å². The van der Waals surface area contributed by atoms with Gasteiger partial charge < -0.3 is 20.5 Å². The summed E-state index contributed by atoms with van der Waals surface area (Å²) in [5.41, 5.74) is 6.33. The number of hydrogen-bond donors (Lipinski definition) is 2. The lowest BCUT2D eigenvalue weighted by atomic mass is 10.1. The monoisotopic (exact) mass is 252 g/mol. The molecule has 0 fully saturated rings. The summed E-state index contributed by atoms with van der Waals surface area (Å²) in [7, 11) is 3.23. The molecular formula is C13H20N2O3. The number of methoxy groups -OCH3 is 2. The van der Waals surface area contributed by atoms with Gasteiger partial charge in [-0.2, -0.15) is 0 Å². The van der Waals surface area contributed by atoms with Crippen molar-refractivity contribution < 1.29 is 14.3 Å². The Morgan fingerprint density at radius 2 is 2.11 bits per heavy atom. The van der Waals surface area contributed by atoms with Crippen molar-refractivity contribution in [2.75, 3.05) is 27.3 Å². The van der Waals surface area contributed by atoms with Gasteiger partial charge in [0.25, 0.3) is 0 Å². The fourth-order valence-electron chi connectivity index (χ4n) is 1.61. The first-order chi connectivity index (χ1) is 8.71. The molecule has 5 heteroatoms. The van der Waals surface area contributed by atoms with E-state index in [4.69, 9.17) is 15.2 Å². The summed E-state index contributed by atoms with van der Waals surface area (Å²) in [4.78, 5) is 11.2. The van der Waals surface area contributed by atoms with Gasteiger partial charge in [-0.25, -0.2) is 0 Å². The number of rotatable bonds is 7.